The van der Waals surface area contributed by atoms with Crippen LogP contribution in [0.3, 0.4) is 0 Å². The predicted octanol–water partition coefficient (Wildman–Crippen LogP) is 2.83. The molecule has 2 saturated carbocycles. The second-order valence-corrected chi connectivity index (χ2v) is 17.6. The number of hydrogen-bond acceptors (Lipinski definition) is 9. The van der Waals surface area contributed by atoms with Gasteiger partial charge in [-0.15, -0.1) is 6.58 Å². The molecule has 2 aliphatic carbocycles. The van der Waals surface area contributed by atoms with Gasteiger partial charge in [0.1, 0.15) is 17.6 Å². The van der Waals surface area contributed by atoms with E-state index in [1.165, 1.54) is 20.6 Å². The molecule has 1 unspecified atom stereocenters. The summed E-state index contributed by atoms with van der Waals surface area (Å²) in [5, 5.41) is 10.6. The van der Waals surface area contributed by atoms with Crippen LogP contribution >= 0.6 is 0 Å². The lowest BCUT2D eigenvalue weighted by atomic mass is 9.98. The standard InChI is InChI=1S/C40H48N8O7S/c1-5-27-21-40(27,38(52)45-56(54,55)29-15-16-29)44-35(49)33-20-28-23-47(33)37(51)34(24(2)3)43-39(53)46(4)18-9-7-6-8-12-30-31(22-42-48(28)36(30)50)26-14-13-25-11-10-17-41-32(25)19-26/h5-7,10-11,13-14,17,19,22,24,27-29,33-34H,1,8-9,12,15-16,18,20-21,23H2,2-4H3,(H,43,53)(H,44,49)(H,45,52)/b7-6+/t27-,28?,33+,34+,40-/m1/s1. The Kier molecular flexibility index (Phi) is 10.6. The fourth-order valence-electron chi connectivity index (χ4n) is 7.76. The van der Waals surface area contributed by atoms with Crippen LogP contribution in [0.25, 0.3) is 22.0 Å². The van der Waals surface area contributed by atoms with E-state index in [4.69, 9.17) is 0 Å². The van der Waals surface area contributed by atoms with Crippen molar-refractivity contribution in [3.63, 3.8) is 0 Å². The lowest BCUT2D eigenvalue weighted by molar-refractivity contribution is -0.141. The van der Waals surface area contributed by atoms with E-state index in [2.05, 4.69) is 32.0 Å². The molecule has 1 saturated heterocycles. The van der Waals surface area contributed by atoms with Crippen LogP contribution in [0.1, 0.15) is 64.0 Å². The summed E-state index contributed by atoms with van der Waals surface area (Å²) in [6.45, 7) is 7.64. The molecule has 3 N–H and O–H groups in total. The Balaban J connectivity index is 1.27. The highest BCUT2D eigenvalue weighted by molar-refractivity contribution is 7.91. The van der Waals surface area contributed by atoms with Crippen LogP contribution < -0.4 is 20.9 Å². The van der Waals surface area contributed by atoms with Gasteiger partial charge in [-0.2, -0.15) is 5.10 Å². The Morgan fingerprint density at radius 2 is 1.88 bits per heavy atom. The number of hydrogen-bond donors (Lipinski definition) is 3. The summed E-state index contributed by atoms with van der Waals surface area (Å²) in [5.41, 5.74) is 0.770. The predicted molar refractivity (Wildman–Crippen MR) is 210 cm³/mol. The first kappa shape index (κ1) is 38.9. The number of allylic oxidation sites excluding steroid dienone is 1. The van der Waals surface area contributed by atoms with E-state index in [1.807, 2.05) is 42.5 Å². The molecule has 56 heavy (non-hydrogen) atoms. The van der Waals surface area contributed by atoms with Crippen molar-refractivity contribution in [1.29, 1.82) is 0 Å². The van der Waals surface area contributed by atoms with Crippen molar-refractivity contribution in [1.82, 2.24) is 39.9 Å². The highest BCUT2D eigenvalue weighted by atomic mass is 32.2. The molecule has 5 amide bonds. The number of amides is 5. The fourth-order valence-corrected chi connectivity index (χ4v) is 9.12. The topological polar surface area (TPSA) is 193 Å². The molecule has 4 aliphatic rings. The van der Waals surface area contributed by atoms with Crippen molar-refractivity contribution in [2.24, 2.45) is 11.8 Å². The average Bonchev–Trinajstić information content (AvgIpc) is 4.10. The Labute approximate surface area is 325 Å². The van der Waals surface area contributed by atoms with E-state index in [9.17, 15) is 32.4 Å². The molecular formula is C40H48N8O7S. The Hall–Kier alpha value is -5.38. The summed E-state index contributed by atoms with van der Waals surface area (Å²) in [6, 6.07) is 6.19. The number of nitrogens with one attached hydrogen (secondary N) is 3. The number of carbonyl (C=O) groups excluding carboxylic acids is 4. The van der Waals surface area contributed by atoms with Crippen molar-refractivity contribution in [3.8, 4) is 11.1 Å². The largest absolute Gasteiger partial charge is 0.339 e. The third-order valence-corrected chi connectivity index (χ3v) is 13.2. The van der Waals surface area contributed by atoms with Gasteiger partial charge in [-0.25, -0.2) is 17.9 Å². The van der Waals surface area contributed by atoms with E-state index in [0.717, 1.165) is 16.5 Å². The zero-order chi connectivity index (χ0) is 39.9. The van der Waals surface area contributed by atoms with Crippen LogP contribution in [-0.2, 0) is 30.8 Å². The fraction of sp³-hybridized carbons (Fsp3) is 0.475. The average molecular weight is 785 g/mol. The van der Waals surface area contributed by atoms with Gasteiger partial charge in [0.2, 0.25) is 21.8 Å². The van der Waals surface area contributed by atoms with Gasteiger partial charge in [-0.3, -0.25) is 28.9 Å². The summed E-state index contributed by atoms with van der Waals surface area (Å²) < 4.78 is 29.0. The molecule has 5 atom stereocenters. The smallest absolute Gasteiger partial charge is 0.317 e. The quantitative estimate of drug-likeness (QED) is 0.288. The summed E-state index contributed by atoms with van der Waals surface area (Å²) in [5.74, 6) is -3.01. The molecular weight excluding hydrogens is 737 g/mol. The summed E-state index contributed by atoms with van der Waals surface area (Å²) in [4.78, 5) is 77.7. The van der Waals surface area contributed by atoms with Gasteiger partial charge in [0.15, 0.2) is 0 Å². The molecule has 1 aromatic carbocycles. The second-order valence-electron chi connectivity index (χ2n) is 15.7. The number of fused-ring (bicyclic) bond motifs is 6. The van der Waals surface area contributed by atoms with Crippen LogP contribution in [0.15, 0.2) is 72.3 Å². The van der Waals surface area contributed by atoms with Gasteiger partial charge in [-0.1, -0.05) is 50.3 Å². The zero-order valence-corrected chi connectivity index (χ0v) is 32.6. The van der Waals surface area contributed by atoms with Gasteiger partial charge in [0, 0.05) is 55.2 Å². The van der Waals surface area contributed by atoms with Crippen molar-refractivity contribution >= 4 is 44.7 Å². The SMILES string of the molecule is C=C[C@@H]1C[C@]1(NC(=O)[C@@H]1CC2CN1C(=O)[C@H](C(C)C)NC(=O)N(C)CC/C=C/CCc1c(-c3ccc4cccnc4c3)cnn2c1=O)C(=O)NS(=O)(=O)C1CC1. The third-order valence-electron chi connectivity index (χ3n) is 11.4. The maximum atomic E-state index is 14.6. The number of urea groups is 1. The second kappa shape index (κ2) is 15.3. The number of rotatable bonds is 8. The van der Waals surface area contributed by atoms with E-state index in [-0.39, 0.29) is 30.9 Å². The third kappa shape index (κ3) is 7.58. The van der Waals surface area contributed by atoms with Gasteiger partial charge < -0.3 is 20.4 Å². The highest BCUT2D eigenvalue weighted by Crippen LogP contribution is 2.45. The Bertz CT molecular complexity index is 2290. The maximum absolute atomic E-state index is 14.6. The summed E-state index contributed by atoms with van der Waals surface area (Å²) >= 11 is 0. The number of carbonyl (C=O) groups is 4. The van der Waals surface area contributed by atoms with E-state index >= 15 is 0 Å². The zero-order valence-electron chi connectivity index (χ0n) is 31.8. The minimum Gasteiger partial charge on any atom is -0.339 e. The minimum absolute atomic E-state index is 0.0292. The normalized spacial score (nSPS) is 26.4. The summed E-state index contributed by atoms with van der Waals surface area (Å²) in [6.07, 6.45) is 11.2. The van der Waals surface area contributed by atoms with E-state index in [1.54, 1.807) is 33.3 Å². The maximum Gasteiger partial charge on any atom is 0.317 e. The monoisotopic (exact) mass is 784 g/mol. The molecule has 0 spiro atoms. The van der Waals surface area contributed by atoms with Crippen molar-refractivity contribution < 1.29 is 27.6 Å². The van der Waals surface area contributed by atoms with Crippen molar-refractivity contribution in [2.75, 3.05) is 20.1 Å². The molecule has 4 bridgehead atoms. The minimum atomic E-state index is -3.92. The van der Waals surface area contributed by atoms with Crippen molar-refractivity contribution in [3.05, 3.63) is 83.4 Å². The molecule has 4 heterocycles. The molecule has 2 aliphatic heterocycles. The Morgan fingerprint density at radius 1 is 1.11 bits per heavy atom. The Morgan fingerprint density at radius 3 is 2.59 bits per heavy atom. The number of nitrogens with zero attached hydrogens (tertiary/aromatic N) is 5. The van der Waals surface area contributed by atoms with Crippen LogP contribution in [-0.4, -0.2) is 99.7 Å². The van der Waals surface area contributed by atoms with E-state index < -0.39 is 68.6 Å². The number of sulfonamides is 1. The van der Waals surface area contributed by atoms with Crippen LogP contribution in [0, 0.1) is 11.8 Å². The highest BCUT2D eigenvalue weighted by Gasteiger charge is 2.62. The van der Waals surface area contributed by atoms with Gasteiger partial charge in [-0.05, 0) is 62.1 Å². The van der Waals surface area contributed by atoms with Crippen molar-refractivity contribution in [2.45, 2.75) is 87.7 Å². The van der Waals surface area contributed by atoms with Gasteiger partial charge >= 0.3 is 6.03 Å². The first-order valence-corrected chi connectivity index (χ1v) is 20.7. The van der Waals surface area contributed by atoms with E-state index in [0.29, 0.717) is 49.8 Å². The lowest BCUT2D eigenvalue weighted by Crippen LogP contribution is -2.59. The number of benzene rings is 1. The number of pyridine rings is 1. The molecule has 296 valence electrons. The first-order valence-electron chi connectivity index (χ1n) is 19.2. The summed E-state index contributed by atoms with van der Waals surface area (Å²) in [7, 11) is -2.28. The first-order chi connectivity index (χ1) is 26.7. The van der Waals surface area contributed by atoms with Crippen LogP contribution in [0.5, 0.6) is 0 Å². The molecule has 0 radical (unpaired) electrons. The van der Waals surface area contributed by atoms with Gasteiger partial charge in [0.05, 0.1) is 23.0 Å². The van der Waals surface area contributed by atoms with Crippen LogP contribution in [0.2, 0.25) is 0 Å². The molecule has 2 aromatic heterocycles. The molecule has 3 fully saturated rings. The lowest BCUT2D eigenvalue weighted by Gasteiger charge is -2.32. The van der Waals surface area contributed by atoms with Crippen LogP contribution in [0.4, 0.5) is 4.79 Å². The number of aromatic nitrogens is 3. The van der Waals surface area contributed by atoms with Gasteiger partial charge in [0.25, 0.3) is 11.5 Å². The molecule has 16 heteroatoms. The molecule has 3 aromatic rings. The molecule has 7 rings (SSSR count). The molecule has 15 nitrogen and oxygen atoms in total.